The van der Waals surface area contributed by atoms with Crippen molar-refractivity contribution in [2.45, 2.75) is 0 Å². The monoisotopic (exact) mass is 375 g/mol. The molecule has 1 aromatic heterocycles. The molecule has 0 aliphatic rings. The van der Waals surface area contributed by atoms with E-state index in [1.807, 2.05) is 30.3 Å². The van der Waals surface area contributed by atoms with Gasteiger partial charge in [0.2, 0.25) is 0 Å². The van der Waals surface area contributed by atoms with Gasteiger partial charge in [0, 0.05) is 11.5 Å². The van der Waals surface area contributed by atoms with Gasteiger partial charge in [0.1, 0.15) is 22.6 Å². The van der Waals surface area contributed by atoms with E-state index in [0.717, 1.165) is 10.8 Å². The molecule has 0 saturated carbocycles. The van der Waals surface area contributed by atoms with Crippen LogP contribution >= 0.6 is 0 Å². The molecule has 0 aliphatic carbocycles. The highest BCUT2D eigenvalue weighted by Gasteiger charge is 2.17. The number of rotatable bonds is 4. The van der Waals surface area contributed by atoms with Gasteiger partial charge in [-0.1, -0.05) is 30.3 Å². The van der Waals surface area contributed by atoms with Gasteiger partial charge in [-0.2, -0.15) is 0 Å². The quantitative estimate of drug-likeness (QED) is 0.427. The Bertz CT molecular complexity index is 1260. The third-order valence-electron chi connectivity index (χ3n) is 4.54. The molecule has 6 nitrogen and oxygen atoms in total. The number of fused-ring (bicyclic) bond motifs is 3. The van der Waals surface area contributed by atoms with Gasteiger partial charge in [-0.05, 0) is 35.0 Å². The number of hydrogen-bond acceptors (Lipinski definition) is 5. The lowest BCUT2D eigenvalue weighted by molar-refractivity contribution is 0.102. The molecule has 140 valence electrons. The molecule has 4 rings (SSSR count). The summed E-state index contributed by atoms with van der Waals surface area (Å²) in [6.45, 7) is 0. The molecule has 3 aromatic carbocycles. The number of ether oxygens (including phenoxy) is 2. The van der Waals surface area contributed by atoms with Gasteiger partial charge in [0.25, 0.3) is 5.91 Å². The Hall–Kier alpha value is -3.80. The van der Waals surface area contributed by atoms with Crippen LogP contribution in [0.5, 0.6) is 11.5 Å². The third-order valence-corrected chi connectivity index (χ3v) is 4.54. The molecule has 0 atom stereocenters. The van der Waals surface area contributed by atoms with Crippen LogP contribution in [0.2, 0.25) is 0 Å². The van der Waals surface area contributed by atoms with Crippen molar-refractivity contribution in [3.8, 4) is 11.5 Å². The second-order valence-corrected chi connectivity index (χ2v) is 6.17. The minimum atomic E-state index is -0.701. The number of nitrogens with one attached hydrogen (secondary N) is 1. The van der Waals surface area contributed by atoms with E-state index in [-0.39, 0.29) is 5.56 Å². The lowest BCUT2D eigenvalue weighted by atomic mass is 10.0. The fourth-order valence-electron chi connectivity index (χ4n) is 3.12. The molecule has 1 amide bonds. The largest absolute Gasteiger partial charge is 0.497 e. The first-order valence-corrected chi connectivity index (χ1v) is 8.59. The van der Waals surface area contributed by atoms with E-state index >= 15 is 0 Å². The van der Waals surface area contributed by atoms with Gasteiger partial charge >= 0.3 is 5.63 Å². The summed E-state index contributed by atoms with van der Waals surface area (Å²) < 4.78 is 15.8. The molecule has 4 aromatic rings. The highest BCUT2D eigenvalue weighted by Crippen LogP contribution is 2.30. The summed E-state index contributed by atoms with van der Waals surface area (Å²) in [4.78, 5) is 25.2. The first-order chi connectivity index (χ1) is 13.6. The molecule has 6 heteroatoms. The Morgan fingerprint density at radius 2 is 1.75 bits per heavy atom. The average Bonchev–Trinajstić information content (AvgIpc) is 2.73. The molecule has 0 bridgehead atoms. The summed E-state index contributed by atoms with van der Waals surface area (Å²) in [6, 6.07) is 17.9. The number of benzene rings is 3. The molecule has 0 unspecified atom stereocenters. The zero-order valence-electron chi connectivity index (χ0n) is 15.3. The molecule has 1 heterocycles. The maximum atomic E-state index is 12.8. The van der Waals surface area contributed by atoms with E-state index in [1.165, 1.54) is 14.2 Å². The van der Waals surface area contributed by atoms with Crippen molar-refractivity contribution in [2.24, 2.45) is 0 Å². The summed E-state index contributed by atoms with van der Waals surface area (Å²) in [5.41, 5.74) is 0.0717. The highest BCUT2D eigenvalue weighted by molar-refractivity contribution is 6.10. The standard InChI is InChI=1S/C22H17NO5/c1-26-14-8-9-18(20(11-14)27-2)23-21(24)17-12-16-15-6-4-3-5-13(15)7-10-19(16)28-22(17)25/h3-12H,1-2H3,(H,23,24). The Kier molecular flexibility index (Phi) is 4.45. The van der Waals surface area contributed by atoms with E-state index in [1.54, 1.807) is 30.3 Å². The Balaban J connectivity index is 1.78. The van der Waals surface area contributed by atoms with E-state index in [4.69, 9.17) is 13.9 Å². The minimum absolute atomic E-state index is 0.0817. The van der Waals surface area contributed by atoms with Crippen molar-refractivity contribution in [2.75, 3.05) is 19.5 Å². The first kappa shape index (κ1) is 17.6. The summed E-state index contributed by atoms with van der Waals surface area (Å²) in [7, 11) is 3.03. The fourth-order valence-corrected chi connectivity index (χ4v) is 3.12. The van der Waals surface area contributed by atoms with Crippen LogP contribution in [0.4, 0.5) is 5.69 Å². The molecule has 28 heavy (non-hydrogen) atoms. The molecular formula is C22H17NO5. The maximum Gasteiger partial charge on any atom is 0.349 e. The number of methoxy groups -OCH3 is 2. The van der Waals surface area contributed by atoms with E-state index in [0.29, 0.717) is 28.2 Å². The zero-order valence-corrected chi connectivity index (χ0v) is 15.3. The van der Waals surface area contributed by atoms with Crippen LogP contribution in [0.1, 0.15) is 10.4 Å². The van der Waals surface area contributed by atoms with Gasteiger partial charge in [0.05, 0.1) is 19.9 Å². The van der Waals surface area contributed by atoms with E-state index in [9.17, 15) is 9.59 Å². The van der Waals surface area contributed by atoms with Crippen LogP contribution in [-0.2, 0) is 0 Å². The summed E-state index contributed by atoms with van der Waals surface area (Å²) in [5.74, 6) is 0.432. The molecule has 0 fully saturated rings. The van der Waals surface area contributed by atoms with Gasteiger partial charge in [-0.25, -0.2) is 4.79 Å². The van der Waals surface area contributed by atoms with Crippen LogP contribution in [0.25, 0.3) is 21.7 Å². The lowest BCUT2D eigenvalue weighted by Gasteiger charge is -2.11. The van der Waals surface area contributed by atoms with Crippen LogP contribution in [0.15, 0.2) is 69.9 Å². The normalized spacial score (nSPS) is 10.8. The Morgan fingerprint density at radius 3 is 2.54 bits per heavy atom. The van der Waals surface area contributed by atoms with Crippen LogP contribution in [0, 0.1) is 0 Å². The third kappa shape index (κ3) is 3.05. The minimum Gasteiger partial charge on any atom is -0.497 e. The smallest absolute Gasteiger partial charge is 0.349 e. The van der Waals surface area contributed by atoms with Gasteiger partial charge < -0.3 is 19.2 Å². The van der Waals surface area contributed by atoms with Crippen molar-refractivity contribution in [1.82, 2.24) is 0 Å². The number of hydrogen-bond donors (Lipinski definition) is 1. The second-order valence-electron chi connectivity index (χ2n) is 6.17. The number of amides is 1. The van der Waals surface area contributed by atoms with Gasteiger partial charge in [-0.15, -0.1) is 0 Å². The van der Waals surface area contributed by atoms with Crippen molar-refractivity contribution in [3.05, 3.63) is 76.6 Å². The predicted molar refractivity (Wildman–Crippen MR) is 107 cm³/mol. The van der Waals surface area contributed by atoms with Crippen LogP contribution in [-0.4, -0.2) is 20.1 Å². The number of carbonyl (C=O) groups is 1. The Morgan fingerprint density at radius 1 is 0.929 bits per heavy atom. The molecule has 0 saturated heterocycles. The molecule has 0 spiro atoms. The first-order valence-electron chi connectivity index (χ1n) is 8.59. The molecular weight excluding hydrogens is 358 g/mol. The Labute approximate surface area is 160 Å². The number of carbonyl (C=O) groups excluding carboxylic acids is 1. The molecule has 0 aliphatic heterocycles. The predicted octanol–water partition coefficient (Wildman–Crippen LogP) is 4.22. The second kappa shape index (κ2) is 7.08. The maximum absolute atomic E-state index is 12.8. The molecule has 1 N–H and O–H groups in total. The van der Waals surface area contributed by atoms with Gasteiger partial charge in [-0.3, -0.25) is 4.79 Å². The lowest BCUT2D eigenvalue weighted by Crippen LogP contribution is -2.21. The number of anilines is 1. The highest BCUT2D eigenvalue weighted by atomic mass is 16.5. The summed E-state index contributed by atoms with van der Waals surface area (Å²) >= 11 is 0. The topological polar surface area (TPSA) is 77.8 Å². The van der Waals surface area contributed by atoms with Gasteiger partial charge in [0.15, 0.2) is 0 Å². The average molecular weight is 375 g/mol. The molecule has 0 radical (unpaired) electrons. The SMILES string of the molecule is COc1ccc(NC(=O)c2cc3c(ccc4ccccc43)oc2=O)c(OC)c1. The summed E-state index contributed by atoms with van der Waals surface area (Å²) in [6.07, 6.45) is 0. The van der Waals surface area contributed by atoms with E-state index in [2.05, 4.69) is 5.32 Å². The van der Waals surface area contributed by atoms with Crippen molar-refractivity contribution in [3.63, 3.8) is 0 Å². The van der Waals surface area contributed by atoms with Crippen molar-refractivity contribution < 1.29 is 18.7 Å². The van der Waals surface area contributed by atoms with Crippen LogP contribution < -0.4 is 20.4 Å². The fraction of sp³-hybridized carbons (Fsp3) is 0.0909. The van der Waals surface area contributed by atoms with Crippen molar-refractivity contribution in [1.29, 1.82) is 0 Å². The van der Waals surface area contributed by atoms with Crippen LogP contribution in [0.3, 0.4) is 0 Å². The summed E-state index contributed by atoms with van der Waals surface area (Å²) in [5, 5.41) is 5.30. The van der Waals surface area contributed by atoms with E-state index < -0.39 is 11.5 Å². The zero-order chi connectivity index (χ0) is 19.7. The van der Waals surface area contributed by atoms with Crippen molar-refractivity contribution >= 4 is 33.3 Å².